The number of rotatable bonds is 7. The van der Waals surface area contributed by atoms with Crippen LogP contribution in [0.15, 0.2) is 115 Å². The largest absolute Gasteiger partial charge is 0.323 e. The van der Waals surface area contributed by atoms with Gasteiger partial charge in [-0.1, -0.05) is 60.7 Å². The summed E-state index contributed by atoms with van der Waals surface area (Å²) in [6, 6.07) is 29.4. The lowest BCUT2D eigenvalue weighted by Gasteiger charge is -2.30. The molecule has 8 heterocycles. The lowest BCUT2D eigenvalue weighted by atomic mass is 9.95. The number of aromatic amines is 1. The van der Waals surface area contributed by atoms with Crippen LogP contribution in [0.3, 0.4) is 0 Å². The van der Waals surface area contributed by atoms with Crippen molar-refractivity contribution in [1.82, 2.24) is 54.0 Å². The highest BCUT2D eigenvalue weighted by Crippen LogP contribution is 2.36. The summed E-state index contributed by atoms with van der Waals surface area (Å²) in [5, 5.41) is 21.0. The zero-order valence-electron chi connectivity index (χ0n) is 27.5. The average molecular weight is 686 g/mol. The molecule has 248 valence electrons. The molecule has 0 radical (unpaired) electrons. The molecule has 1 saturated heterocycles. The van der Waals surface area contributed by atoms with Crippen LogP contribution in [0.4, 0.5) is 0 Å². The molecule has 1 fully saturated rings. The number of hydrogen-bond donors (Lipinski definition) is 1. The van der Waals surface area contributed by atoms with Gasteiger partial charge in [-0.25, -0.2) is 9.97 Å². The van der Waals surface area contributed by atoms with Crippen LogP contribution in [0.2, 0.25) is 0 Å². The second-order valence-corrected chi connectivity index (χ2v) is 13.8. The van der Waals surface area contributed by atoms with Crippen LogP contribution >= 0.6 is 11.3 Å². The molecule has 0 bridgehead atoms. The van der Waals surface area contributed by atoms with Crippen molar-refractivity contribution in [2.45, 2.75) is 25.3 Å². The van der Waals surface area contributed by atoms with Crippen LogP contribution in [-0.2, 0) is 6.54 Å². The van der Waals surface area contributed by atoms with Gasteiger partial charge >= 0.3 is 0 Å². The first-order valence-corrected chi connectivity index (χ1v) is 17.9. The predicted molar refractivity (Wildman–Crippen MR) is 198 cm³/mol. The standard InChI is InChI=1S/C39H31N11S/c1-2-6-26(7-3-1)29-22-30-31(15-19-50-37(30)46-47-38(50)33-24-49-20-21-51-39(49)42-33)41-34(29)27-11-9-25(10-12-27)23-48-17-13-28(14-18-48)35-43-36(45-44-35)32-8-4-5-16-40-32/h1-12,15-16,19-22,24,28H,13-14,17-18,23H2,(H,43,44,45). The van der Waals surface area contributed by atoms with E-state index in [-0.39, 0.29) is 0 Å². The molecule has 0 aliphatic carbocycles. The summed E-state index contributed by atoms with van der Waals surface area (Å²) in [5.41, 5.74) is 8.69. The van der Waals surface area contributed by atoms with E-state index in [2.05, 4.69) is 89.9 Å². The third-order valence-corrected chi connectivity index (χ3v) is 10.6. The number of aromatic nitrogens is 10. The van der Waals surface area contributed by atoms with Crippen molar-refractivity contribution in [2.75, 3.05) is 13.1 Å². The quantitative estimate of drug-likeness (QED) is 0.183. The minimum atomic E-state index is 0.373. The molecule has 0 saturated carbocycles. The molecule has 0 amide bonds. The van der Waals surface area contributed by atoms with Crippen molar-refractivity contribution in [3.05, 3.63) is 126 Å². The molecule has 11 nitrogen and oxygen atoms in total. The summed E-state index contributed by atoms with van der Waals surface area (Å²) in [7, 11) is 0. The molecule has 10 rings (SSSR count). The Balaban J connectivity index is 0.908. The maximum absolute atomic E-state index is 5.26. The number of imidazole rings is 1. The SMILES string of the molecule is c1ccc(-c2cc3c(ccn4c(-c5cn6ccsc6n5)nnc34)nc2-c2ccc(CN3CCC(c4nnc(-c5ccccn5)[nH]4)CC3)cc2)cc1. The zero-order valence-corrected chi connectivity index (χ0v) is 28.3. The fourth-order valence-electron chi connectivity index (χ4n) is 7.13. The molecule has 51 heavy (non-hydrogen) atoms. The molecule has 7 aromatic heterocycles. The summed E-state index contributed by atoms with van der Waals surface area (Å²) >= 11 is 1.60. The van der Waals surface area contributed by atoms with Gasteiger partial charge in [0.05, 0.1) is 11.2 Å². The third kappa shape index (κ3) is 5.45. The second kappa shape index (κ2) is 12.3. The van der Waals surface area contributed by atoms with Gasteiger partial charge in [0.15, 0.2) is 22.3 Å². The molecular formula is C39H31N11S. The van der Waals surface area contributed by atoms with E-state index in [9.17, 15) is 0 Å². The molecule has 1 aliphatic heterocycles. The highest BCUT2D eigenvalue weighted by molar-refractivity contribution is 7.15. The number of piperidine rings is 1. The first kappa shape index (κ1) is 29.8. The van der Waals surface area contributed by atoms with E-state index >= 15 is 0 Å². The number of fused-ring (bicyclic) bond motifs is 4. The number of likely N-dealkylation sites (tertiary alicyclic amines) is 1. The summed E-state index contributed by atoms with van der Waals surface area (Å²) in [6.07, 6.45) is 9.85. The van der Waals surface area contributed by atoms with Crippen LogP contribution in [-0.4, -0.2) is 67.1 Å². The van der Waals surface area contributed by atoms with E-state index in [0.717, 1.165) is 99.4 Å². The van der Waals surface area contributed by atoms with Crippen LogP contribution in [0.5, 0.6) is 0 Å². The maximum Gasteiger partial charge on any atom is 0.194 e. The summed E-state index contributed by atoms with van der Waals surface area (Å²) < 4.78 is 4.02. The first-order valence-electron chi connectivity index (χ1n) is 17.1. The van der Waals surface area contributed by atoms with Gasteiger partial charge in [0.2, 0.25) is 0 Å². The molecule has 12 heteroatoms. The van der Waals surface area contributed by atoms with E-state index in [1.807, 2.05) is 63.1 Å². The Hall–Kier alpha value is -6.11. The number of benzene rings is 2. The molecule has 0 unspecified atom stereocenters. The fourth-order valence-corrected chi connectivity index (χ4v) is 7.83. The van der Waals surface area contributed by atoms with Crippen molar-refractivity contribution in [3.8, 4) is 45.4 Å². The number of H-pyrrole nitrogens is 1. The Morgan fingerprint density at radius 3 is 2.47 bits per heavy atom. The monoisotopic (exact) mass is 685 g/mol. The molecule has 9 aromatic rings. The predicted octanol–water partition coefficient (Wildman–Crippen LogP) is 7.55. The topological polar surface area (TPSA) is 118 Å². The normalized spacial score (nSPS) is 14.3. The number of pyridine rings is 3. The summed E-state index contributed by atoms with van der Waals surface area (Å²) in [5.74, 6) is 2.77. The van der Waals surface area contributed by atoms with E-state index in [1.165, 1.54) is 5.56 Å². The number of nitrogens with one attached hydrogen (secondary N) is 1. The Labute approximate surface area is 296 Å². The molecule has 0 atom stereocenters. The van der Waals surface area contributed by atoms with Crippen molar-refractivity contribution < 1.29 is 0 Å². The van der Waals surface area contributed by atoms with Crippen molar-refractivity contribution >= 4 is 32.8 Å². The molecular weight excluding hydrogens is 655 g/mol. The van der Waals surface area contributed by atoms with Gasteiger partial charge < -0.3 is 4.98 Å². The van der Waals surface area contributed by atoms with Gasteiger partial charge in [-0.2, -0.15) is 0 Å². The van der Waals surface area contributed by atoms with Gasteiger partial charge in [0.25, 0.3) is 0 Å². The highest BCUT2D eigenvalue weighted by Gasteiger charge is 2.24. The van der Waals surface area contributed by atoms with Gasteiger partial charge in [0, 0.05) is 59.1 Å². The summed E-state index contributed by atoms with van der Waals surface area (Å²) in [4.78, 5) is 21.3. The van der Waals surface area contributed by atoms with E-state index in [4.69, 9.17) is 9.97 Å². The highest BCUT2D eigenvalue weighted by atomic mass is 32.1. The number of hydrogen-bond acceptors (Lipinski definition) is 9. The van der Waals surface area contributed by atoms with E-state index in [0.29, 0.717) is 11.7 Å². The Bertz CT molecular complexity index is 2600. The van der Waals surface area contributed by atoms with Gasteiger partial charge in [-0.05, 0) is 61.3 Å². The van der Waals surface area contributed by atoms with Gasteiger partial charge in [-0.15, -0.1) is 31.7 Å². The van der Waals surface area contributed by atoms with Gasteiger partial charge in [0.1, 0.15) is 17.2 Å². The lowest BCUT2D eigenvalue weighted by Crippen LogP contribution is -2.32. The minimum absolute atomic E-state index is 0.373. The van der Waals surface area contributed by atoms with Crippen LogP contribution in [0.1, 0.15) is 30.1 Å². The summed E-state index contributed by atoms with van der Waals surface area (Å²) in [6.45, 7) is 2.92. The second-order valence-electron chi connectivity index (χ2n) is 13.0. The fraction of sp³-hybridized carbons (Fsp3) is 0.154. The number of thiazole rings is 1. The van der Waals surface area contributed by atoms with Crippen molar-refractivity contribution in [3.63, 3.8) is 0 Å². The minimum Gasteiger partial charge on any atom is -0.323 e. The molecule has 1 aliphatic rings. The number of nitrogens with zero attached hydrogens (tertiary/aromatic N) is 10. The van der Waals surface area contributed by atoms with E-state index < -0.39 is 0 Å². The van der Waals surface area contributed by atoms with Crippen LogP contribution < -0.4 is 0 Å². The van der Waals surface area contributed by atoms with Crippen molar-refractivity contribution in [1.29, 1.82) is 0 Å². The third-order valence-electron chi connectivity index (χ3n) is 9.80. The Morgan fingerprint density at radius 1 is 0.784 bits per heavy atom. The Kier molecular flexibility index (Phi) is 7.20. The molecule has 1 N–H and O–H groups in total. The smallest absolute Gasteiger partial charge is 0.194 e. The van der Waals surface area contributed by atoms with Crippen LogP contribution in [0, 0.1) is 0 Å². The maximum atomic E-state index is 5.26. The van der Waals surface area contributed by atoms with E-state index in [1.54, 1.807) is 17.5 Å². The van der Waals surface area contributed by atoms with Crippen molar-refractivity contribution in [2.24, 2.45) is 0 Å². The average Bonchev–Trinajstić information content (AvgIpc) is 4.00. The molecule has 2 aromatic carbocycles. The van der Waals surface area contributed by atoms with Gasteiger partial charge in [-0.3, -0.25) is 18.7 Å². The zero-order chi connectivity index (χ0) is 33.7. The lowest BCUT2D eigenvalue weighted by molar-refractivity contribution is 0.202. The first-order chi connectivity index (χ1) is 25.2. The van der Waals surface area contributed by atoms with Crippen LogP contribution in [0.25, 0.3) is 66.9 Å². The Morgan fingerprint density at radius 2 is 1.65 bits per heavy atom. The molecule has 0 spiro atoms.